The SMILES string of the molecule is CC(c1ccc(Nc2cc(Nc3ncccc3S(C)(=O)=O)ncn2)nc1)N1CCC2(CCOCC2)C1. The summed E-state index contributed by atoms with van der Waals surface area (Å²) in [4.78, 5) is 19.8. The molecule has 0 aromatic carbocycles. The summed E-state index contributed by atoms with van der Waals surface area (Å²) in [6, 6.07) is 9.10. The molecular weight excluding hydrogens is 478 g/mol. The number of ether oxygens (including phenoxy) is 1. The number of sulfone groups is 1. The van der Waals surface area contributed by atoms with Crippen LogP contribution < -0.4 is 10.6 Å². The van der Waals surface area contributed by atoms with Gasteiger partial charge in [-0.05, 0) is 61.9 Å². The Labute approximate surface area is 211 Å². The average Bonchev–Trinajstić information content (AvgIpc) is 3.27. The van der Waals surface area contributed by atoms with Crippen molar-refractivity contribution in [1.29, 1.82) is 0 Å². The van der Waals surface area contributed by atoms with E-state index in [2.05, 4.69) is 48.5 Å². The zero-order valence-corrected chi connectivity index (χ0v) is 21.3. The fourth-order valence-corrected chi connectivity index (χ4v) is 5.76. The van der Waals surface area contributed by atoms with Gasteiger partial charge in [-0.1, -0.05) is 6.07 Å². The summed E-state index contributed by atoms with van der Waals surface area (Å²) in [6.07, 6.45) is 9.52. The van der Waals surface area contributed by atoms with Crippen molar-refractivity contribution in [2.45, 2.75) is 37.1 Å². The van der Waals surface area contributed by atoms with E-state index in [0.29, 0.717) is 28.9 Å². The van der Waals surface area contributed by atoms with Crippen molar-refractivity contribution in [3.8, 4) is 0 Å². The number of anilines is 4. The van der Waals surface area contributed by atoms with Crippen molar-refractivity contribution < 1.29 is 13.2 Å². The standard InChI is InChI=1S/C25H31N7O3S/c1-18(32-11-7-25(16-32)8-12-35-13-9-25)19-5-6-21(27-15-19)30-22-14-23(29-17-28-22)31-24-20(36(2,33)34)4-3-10-26-24/h3-6,10,14-15,17-18H,7-9,11-13,16H2,1-2H3,(H2,26,27,28,29,30,31). The molecule has 5 heterocycles. The Morgan fingerprint density at radius 3 is 2.50 bits per heavy atom. The molecule has 11 heteroatoms. The normalized spacial score (nSPS) is 18.7. The first-order chi connectivity index (χ1) is 17.3. The molecule has 36 heavy (non-hydrogen) atoms. The van der Waals surface area contributed by atoms with Gasteiger partial charge in [-0.25, -0.2) is 28.4 Å². The lowest BCUT2D eigenvalue weighted by Gasteiger charge is -2.34. The number of hydrogen-bond donors (Lipinski definition) is 2. The maximum atomic E-state index is 12.0. The second kappa shape index (κ2) is 10.1. The smallest absolute Gasteiger partial charge is 0.179 e. The molecule has 3 aromatic rings. The number of rotatable bonds is 7. The Kier molecular flexibility index (Phi) is 6.87. The van der Waals surface area contributed by atoms with Gasteiger partial charge in [-0.3, -0.25) is 4.90 Å². The second-order valence-electron chi connectivity index (χ2n) is 9.65. The Balaban J connectivity index is 1.24. The minimum absolute atomic E-state index is 0.102. The predicted molar refractivity (Wildman–Crippen MR) is 137 cm³/mol. The molecule has 0 radical (unpaired) electrons. The predicted octanol–water partition coefficient (Wildman–Crippen LogP) is 3.72. The van der Waals surface area contributed by atoms with Crippen LogP contribution in [0.2, 0.25) is 0 Å². The van der Waals surface area contributed by atoms with Crippen LogP contribution >= 0.6 is 0 Å². The minimum atomic E-state index is -3.44. The summed E-state index contributed by atoms with van der Waals surface area (Å²) in [6.45, 7) is 6.23. The van der Waals surface area contributed by atoms with E-state index in [-0.39, 0.29) is 10.7 Å². The molecule has 2 fully saturated rings. The number of pyridine rings is 2. The number of nitrogens with one attached hydrogen (secondary N) is 2. The van der Waals surface area contributed by atoms with Gasteiger partial charge in [0.15, 0.2) is 9.84 Å². The van der Waals surface area contributed by atoms with Crippen molar-refractivity contribution >= 4 is 33.1 Å². The summed E-state index contributed by atoms with van der Waals surface area (Å²) < 4.78 is 29.7. The van der Waals surface area contributed by atoms with E-state index in [0.717, 1.165) is 45.4 Å². The van der Waals surface area contributed by atoms with Crippen LogP contribution in [-0.2, 0) is 14.6 Å². The third kappa shape index (κ3) is 5.48. The van der Waals surface area contributed by atoms with Gasteiger partial charge < -0.3 is 15.4 Å². The first-order valence-electron chi connectivity index (χ1n) is 12.1. The zero-order chi connectivity index (χ0) is 25.2. The molecule has 0 saturated carbocycles. The van der Waals surface area contributed by atoms with Crippen LogP contribution in [0.25, 0.3) is 0 Å². The molecule has 0 bridgehead atoms. The topological polar surface area (TPSA) is 122 Å². The van der Waals surface area contributed by atoms with E-state index in [1.807, 2.05) is 12.3 Å². The van der Waals surface area contributed by atoms with E-state index in [1.165, 1.54) is 30.6 Å². The summed E-state index contributed by atoms with van der Waals surface area (Å²) in [7, 11) is -3.44. The van der Waals surface area contributed by atoms with Crippen LogP contribution in [0.5, 0.6) is 0 Å². The third-order valence-corrected chi connectivity index (χ3v) is 8.31. The highest BCUT2D eigenvalue weighted by Crippen LogP contribution is 2.42. The molecule has 2 saturated heterocycles. The first-order valence-corrected chi connectivity index (χ1v) is 14.0. The Morgan fingerprint density at radius 2 is 1.78 bits per heavy atom. The largest absolute Gasteiger partial charge is 0.381 e. The Hall–Kier alpha value is -3.15. The van der Waals surface area contributed by atoms with E-state index in [9.17, 15) is 8.42 Å². The summed E-state index contributed by atoms with van der Waals surface area (Å²) in [5.41, 5.74) is 1.59. The van der Waals surface area contributed by atoms with Crippen molar-refractivity contribution in [1.82, 2.24) is 24.8 Å². The van der Waals surface area contributed by atoms with Gasteiger partial charge in [0, 0.05) is 50.5 Å². The lowest BCUT2D eigenvalue weighted by molar-refractivity contribution is 0.0175. The lowest BCUT2D eigenvalue weighted by atomic mass is 9.79. The van der Waals surface area contributed by atoms with Gasteiger partial charge in [0.2, 0.25) is 0 Å². The van der Waals surface area contributed by atoms with Crippen LogP contribution in [-0.4, -0.2) is 65.8 Å². The average molecular weight is 510 g/mol. The van der Waals surface area contributed by atoms with E-state index >= 15 is 0 Å². The quantitative estimate of drug-likeness (QED) is 0.487. The fraction of sp³-hybridized carbons (Fsp3) is 0.440. The van der Waals surface area contributed by atoms with Gasteiger partial charge in [0.25, 0.3) is 0 Å². The van der Waals surface area contributed by atoms with Crippen molar-refractivity contribution in [3.63, 3.8) is 0 Å². The van der Waals surface area contributed by atoms with Crippen molar-refractivity contribution in [3.05, 3.63) is 54.6 Å². The van der Waals surface area contributed by atoms with Crippen LogP contribution in [0.1, 0.15) is 37.8 Å². The number of likely N-dealkylation sites (tertiary alicyclic amines) is 1. The van der Waals surface area contributed by atoms with Crippen LogP contribution in [0, 0.1) is 5.41 Å². The molecule has 1 unspecified atom stereocenters. The summed E-state index contributed by atoms with van der Waals surface area (Å²) in [5, 5.41) is 6.16. The molecule has 0 aliphatic carbocycles. The van der Waals surface area contributed by atoms with Gasteiger partial charge in [-0.15, -0.1) is 0 Å². The minimum Gasteiger partial charge on any atom is -0.381 e. The first kappa shape index (κ1) is 24.5. The Morgan fingerprint density at radius 1 is 1.00 bits per heavy atom. The number of hydrogen-bond acceptors (Lipinski definition) is 10. The van der Waals surface area contributed by atoms with E-state index in [4.69, 9.17) is 4.74 Å². The zero-order valence-electron chi connectivity index (χ0n) is 20.5. The molecule has 2 N–H and O–H groups in total. The molecule has 5 rings (SSSR count). The van der Waals surface area contributed by atoms with Gasteiger partial charge in [0.1, 0.15) is 34.5 Å². The van der Waals surface area contributed by atoms with Crippen LogP contribution in [0.15, 0.2) is 53.9 Å². The van der Waals surface area contributed by atoms with Crippen LogP contribution in [0.3, 0.4) is 0 Å². The molecule has 1 atom stereocenters. The van der Waals surface area contributed by atoms with Crippen LogP contribution in [0.4, 0.5) is 23.3 Å². The summed E-state index contributed by atoms with van der Waals surface area (Å²) in [5.74, 6) is 1.81. The van der Waals surface area contributed by atoms with E-state index in [1.54, 1.807) is 12.1 Å². The van der Waals surface area contributed by atoms with Gasteiger partial charge in [0.05, 0.1) is 0 Å². The maximum absolute atomic E-state index is 12.0. The van der Waals surface area contributed by atoms with Gasteiger partial charge >= 0.3 is 0 Å². The molecule has 1 spiro atoms. The summed E-state index contributed by atoms with van der Waals surface area (Å²) >= 11 is 0. The molecule has 2 aliphatic rings. The highest BCUT2D eigenvalue weighted by Gasteiger charge is 2.40. The maximum Gasteiger partial charge on any atom is 0.179 e. The lowest BCUT2D eigenvalue weighted by Crippen LogP contribution is -2.34. The highest BCUT2D eigenvalue weighted by atomic mass is 32.2. The number of nitrogens with zero attached hydrogens (tertiary/aromatic N) is 5. The molecule has 10 nitrogen and oxygen atoms in total. The molecule has 0 amide bonds. The Bertz CT molecular complexity index is 1310. The fourth-order valence-electron chi connectivity index (χ4n) is 4.98. The third-order valence-electron chi connectivity index (χ3n) is 7.18. The molecule has 190 valence electrons. The second-order valence-corrected chi connectivity index (χ2v) is 11.6. The molecule has 3 aromatic heterocycles. The number of aromatic nitrogens is 4. The monoisotopic (exact) mass is 509 g/mol. The molecular formula is C25H31N7O3S. The van der Waals surface area contributed by atoms with Crippen molar-refractivity contribution in [2.24, 2.45) is 5.41 Å². The van der Waals surface area contributed by atoms with E-state index < -0.39 is 9.84 Å². The molecule has 2 aliphatic heterocycles. The van der Waals surface area contributed by atoms with Gasteiger partial charge in [-0.2, -0.15) is 0 Å². The highest BCUT2D eigenvalue weighted by molar-refractivity contribution is 7.90. The van der Waals surface area contributed by atoms with Crippen molar-refractivity contribution in [2.75, 3.05) is 43.2 Å².